The molecule has 3 rings (SSSR count). The van der Waals surface area contributed by atoms with Crippen molar-refractivity contribution in [2.75, 3.05) is 5.32 Å². The third-order valence-corrected chi connectivity index (χ3v) is 3.72. The zero-order valence-corrected chi connectivity index (χ0v) is 12.2. The number of para-hydroxylation sites is 3. The Hall–Kier alpha value is -2.49. The van der Waals surface area contributed by atoms with E-state index in [-0.39, 0.29) is 6.04 Å². The Morgan fingerprint density at radius 2 is 1.86 bits per heavy atom. The Morgan fingerprint density at radius 3 is 2.62 bits per heavy atom. The molecule has 2 aromatic carbocycles. The number of nitrogens with one attached hydrogen (secondary N) is 1. The smallest absolute Gasteiger partial charge is 0.204 e. The van der Waals surface area contributed by atoms with Gasteiger partial charge in [-0.05, 0) is 32.0 Å². The highest BCUT2D eigenvalue weighted by atomic mass is 16.3. The molecule has 3 aromatic rings. The van der Waals surface area contributed by atoms with Gasteiger partial charge >= 0.3 is 0 Å². The summed E-state index contributed by atoms with van der Waals surface area (Å²) in [5.41, 5.74) is 2.96. The Morgan fingerprint density at radius 1 is 1.14 bits per heavy atom. The molecule has 0 fully saturated rings. The van der Waals surface area contributed by atoms with Crippen molar-refractivity contribution < 1.29 is 5.11 Å². The van der Waals surface area contributed by atoms with E-state index < -0.39 is 0 Å². The van der Waals surface area contributed by atoms with Crippen LogP contribution in [0.3, 0.4) is 0 Å². The van der Waals surface area contributed by atoms with Gasteiger partial charge in [-0.3, -0.25) is 0 Å². The fourth-order valence-electron chi connectivity index (χ4n) is 2.63. The molecule has 2 N–H and O–H groups in total. The van der Waals surface area contributed by atoms with Crippen LogP contribution in [-0.2, 0) is 6.54 Å². The van der Waals surface area contributed by atoms with E-state index in [4.69, 9.17) is 0 Å². The first-order valence-corrected chi connectivity index (χ1v) is 7.20. The van der Waals surface area contributed by atoms with Crippen LogP contribution in [0.2, 0.25) is 0 Å². The number of phenols is 1. The van der Waals surface area contributed by atoms with Gasteiger partial charge in [0.15, 0.2) is 0 Å². The molecule has 0 aliphatic heterocycles. The van der Waals surface area contributed by atoms with E-state index >= 15 is 0 Å². The lowest BCUT2D eigenvalue weighted by molar-refractivity contribution is 0.465. The number of hydrogen-bond acceptors (Lipinski definition) is 3. The Labute approximate surface area is 124 Å². The van der Waals surface area contributed by atoms with Crippen molar-refractivity contribution in [2.45, 2.75) is 26.4 Å². The normalized spacial score (nSPS) is 12.5. The fourth-order valence-corrected chi connectivity index (χ4v) is 2.63. The van der Waals surface area contributed by atoms with Crippen molar-refractivity contribution >= 4 is 17.0 Å². The third-order valence-electron chi connectivity index (χ3n) is 3.72. The second-order valence-electron chi connectivity index (χ2n) is 5.09. The second-order valence-corrected chi connectivity index (χ2v) is 5.09. The van der Waals surface area contributed by atoms with Crippen molar-refractivity contribution in [1.82, 2.24) is 9.55 Å². The molecule has 0 saturated carbocycles. The lowest BCUT2D eigenvalue weighted by Gasteiger charge is -2.17. The summed E-state index contributed by atoms with van der Waals surface area (Å²) >= 11 is 0. The van der Waals surface area contributed by atoms with E-state index in [0.717, 1.165) is 29.1 Å². The van der Waals surface area contributed by atoms with Gasteiger partial charge in [-0.1, -0.05) is 30.3 Å². The molecule has 21 heavy (non-hydrogen) atoms. The highest BCUT2D eigenvalue weighted by molar-refractivity contribution is 5.78. The Kier molecular flexibility index (Phi) is 3.52. The van der Waals surface area contributed by atoms with Gasteiger partial charge in [0, 0.05) is 12.1 Å². The molecule has 1 aromatic heterocycles. The Balaban J connectivity index is 1.96. The lowest BCUT2D eigenvalue weighted by atomic mass is 10.1. The quantitative estimate of drug-likeness (QED) is 0.761. The summed E-state index contributed by atoms with van der Waals surface area (Å²) in [5.74, 6) is 1.13. The zero-order chi connectivity index (χ0) is 14.8. The van der Waals surface area contributed by atoms with Crippen LogP contribution in [0.1, 0.15) is 25.5 Å². The number of aromatic hydroxyl groups is 1. The highest BCUT2D eigenvalue weighted by Crippen LogP contribution is 2.27. The van der Waals surface area contributed by atoms with E-state index in [1.807, 2.05) is 43.3 Å². The maximum atomic E-state index is 9.96. The maximum absolute atomic E-state index is 9.96. The average Bonchev–Trinajstić information content (AvgIpc) is 2.84. The Bertz CT molecular complexity index is 764. The van der Waals surface area contributed by atoms with E-state index in [1.54, 1.807) is 6.07 Å². The third kappa shape index (κ3) is 2.44. The van der Waals surface area contributed by atoms with E-state index in [0.29, 0.717) is 5.75 Å². The van der Waals surface area contributed by atoms with Crippen molar-refractivity contribution in [3.8, 4) is 5.75 Å². The summed E-state index contributed by atoms with van der Waals surface area (Å²) in [4.78, 5) is 4.65. The van der Waals surface area contributed by atoms with Crippen LogP contribution in [0.15, 0.2) is 48.5 Å². The zero-order valence-electron chi connectivity index (χ0n) is 12.2. The van der Waals surface area contributed by atoms with E-state index in [9.17, 15) is 5.11 Å². The number of phenolic OH excluding ortho intramolecular Hbond substituents is 1. The van der Waals surface area contributed by atoms with Gasteiger partial charge in [0.05, 0.1) is 17.1 Å². The summed E-state index contributed by atoms with van der Waals surface area (Å²) < 4.78 is 2.14. The molecular weight excluding hydrogens is 262 g/mol. The average molecular weight is 281 g/mol. The van der Waals surface area contributed by atoms with E-state index in [2.05, 4.69) is 27.9 Å². The lowest BCUT2D eigenvalue weighted by Crippen LogP contribution is -2.11. The van der Waals surface area contributed by atoms with Crippen LogP contribution in [0.25, 0.3) is 11.0 Å². The standard InChI is InChI=1S/C17H19N3O/c1-3-20-15-10-6-5-9-14(15)19-17(20)18-12(2)13-8-4-7-11-16(13)21/h4-12,21H,3H2,1-2H3,(H,18,19)/t12-/m1/s1. The monoisotopic (exact) mass is 281 g/mol. The summed E-state index contributed by atoms with van der Waals surface area (Å²) in [6.07, 6.45) is 0. The van der Waals surface area contributed by atoms with Crippen molar-refractivity contribution in [3.05, 3.63) is 54.1 Å². The molecule has 0 aliphatic carbocycles. The van der Waals surface area contributed by atoms with Gasteiger partial charge in [-0.2, -0.15) is 0 Å². The molecule has 0 saturated heterocycles. The number of aryl methyl sites for hydroxylation is 1. The van der Waals surface area contributed by atoms with Crippen LogP contribution in [0.4, 0.5) is 5.95 Å². The van der Waals surface area contributed by atoms with E-state index in [1.165, 1.54) is 0 Å². The molecule has 0 spiro atoms. The molecule has 0 aliphatic rings. The molecule has 0 bridgehead atoms. The predicted octanol–water partition coefficient (Wildman–Crippen LogP) is 3.93. The highest BCUT2D eigenvalue weighted by Gasteiger charge is 2.14. The molecule has 0 unspecified atom stereocenters. The van der Waals surface area contributed by atoms with Gasteiger partial charge in [-0.25, -0.2) is 4.98 Å². The minimum Gasteiger partial charge on any atom is -0.508 e. The van der Waals surface area contributed by atoms with Gasteiger partial charge in [0.25, 0.3) is 0 Å². The first kappa shape index (κ1) is 13.5. The SMILES string of the molecule is CCn1c(N[C@H](C)c2ccccc2O)nc2ccccc21. The van der Waals surface area contributed by atoms with Crippen molar-refractivity contribution in [1.29, 1.82) is 0 Å². The molecule has 108 valence electrons. The number of imidazole rings is 1. The predicted molar refractivity (Wildman–Crippen MR) is 85.6 cm³/mol. The molecule has 0 radical (unpaired) electrons. The number of benzene rings is 2. The molecule has 1 heterocycles. The van der Waals surface area contributed by atoms with Crippen LogP contribution in [-0.4, -0.2) is 14.7 Å². The van der Waals surface area contributed by atoms with Gasteiger partial charge < -0.3 is 15.0 Å². The van der Waals surface area contributed by atoms with Gasteiger partial charge in [0.1, 0.15) is 5.75 Å². The number of hydrogen-bond donors (Lipinski definition) is 2. The topological polar surface area (TPSA) is 50.1 Å². The molecule has 4 nitrogen and oxygen atoms in total. The summed E-state index contributed by atoms with van der Waals surface area (Å²) in [7, 11) is 0. The fraction of sp³-hybridized carbons (Fsp3) is 0.235. The largest absolute Gasteiger partial charge is 0.508 e. The summed E-state index contributed by atoms with van der Waals surface area (Å²) in [6.45, 7) is 4.97. The first-order valence-electron chi connectivity index (χ1n) is 7.20. The van der Waals surface area contributed by atoms with Crippen LogP contribution >= 0.6 is 0 Å². The minimum absolute atomic E-state index is 0.0201. The van der Waals surface area contributed by atoms with Crippen LogP contribution < -0.4 is 5.32 Å². The van der Waals surface area contributed by atoms with Gasteiger partial charge in [0.2, 0.25) is 5.95 Å². The number of rotatable bonds is 4. The number of nitrogens with zero attached hydrogens (tertiary/aromatic N) is 2. The first-order chi connectivity index (χ1) is 10.2. The minimum atomic E-state index is -0.0201. The van der Waals surface area contributed by atoms with Gasteiger partial charge in [-0.15, -0.1) is 0 Å². The van der Waals surface area contributed by atoms with Crippen molar-refractivity contribution in [2.24, 2.45) is 0 Å². The summed E-state index contributed by atoms with van der Waals surface area (Å²) in [6, 6.07) is 15.5. The van der Waals surface area contributed by atoms with Crippen LogP contribution in [0, 0.1) is 0 Å². The number of fused-ring (bicyclic) bond motifs is 1. The molecule has 0 amide bonds. The second kappa shape index (κ2) is 5.48. The molecule has 1 atom stereocenters. The summed E-state index contributed by atoms with van der Waals surface area (Å²) in [5, 5.41) is 13.4. The molecular formula is C17H19N3O. The number of aromatic nitrogens is 2. The van der Waals surface area contributed by atoms with Crippen LogP contribution in [0.5, 0.6) is 5.75 Å². The number of anilines is 1. The maximum Gasteiger partial charge on any atom is 0.204 e. The van der Waals surface area contributed by atoms with Crippen molar-refractivity contribution in [3.63, 3.8) is 0 Å². The molecule has 4 heteroatoms.